The minimum atomic E-state index is -0.0947. The molecule has 0 saturated carbocycles. The number of piperazine rings is 1. The Bertz CT molecular complexity index is 458. The molecule has 0 unspecified atom stereocenters. The molecule has 1 aliphatic heterocycles. The molecule has 1 aliphatic rings. The number of amides is 1. The molecule has 0 spiro atoms. The minimum Gasteiger partial charge on any atom is -0.336 e. The molecule has 0 N–H and O–H groups in total. The summed E-state index contributed by atoms with van der Waals surface area (Å²) >= 11 is 0. The van der Waals surface area contributed by atoms with Crippen LogP contribution in [0.25, 0.3) is 0 Å². The molecule has 0 aromatic carbocycles. The van der Waals surface area contributed by atoms with E-state index in [2.05, 4.69) is 9.88 Å². The second-order valence-electron chi connectivity index (χ2n) is 4.13. The van der Waals surface area contributed by atoms with Crippen molar-refractivity contribution in [3.63, 3.8) is 0 Å². The lowest BCUT2D eigenvalue weighted by molar-refractivity contribution is 0.0663. The monoisotopic (exact) mass is 230 g/mol. The first kappa shape index (κ1) is 11.6. The average Bonchev–Trinajstić information content (AvgIpc) is 2.39. The molecule has 88 valence electrons. The molecule has 2 heterocycles. The fourth-order valence-corrected chi connectivity index (χ4v) is 1.84. The Labute approximate surface area is 100 Å². The van der Waals surface area contributed by atoms with Gasteiger partial charge in [-0.2, -0.15) is 5.26 Å². The van der Waals surface area contributed by atoms with Crippen molar-refractivity contribution in [1.29, 1.82) is 5.26 Å². The average molecular weight is 230 g/mol. The van der Waals surface area contributed by atoms with Crippen LogP contribution in [0.3, 0.4) is 0 Å². The summed E-state index contributed by atoms with van der Waals surface area (Å²) in [6.45, 7) is 3.14. The van der Waals surface area contributed by atoms with Crippen molar-refractivity contribution in [1.82, 2.24) is 14.8 Å². The first-order valence-electron chi connectivity index (χ1n) is 5.54. The van der Waals surface area contributed by atoms with Crippen LogP contribution in [0.4, 0.5) is 0 Å². The van der Waals surface area contributed by atoms with E-state index >= 15 is 0 Å². The topological polar surface area (TPSA) is 60.2 Å². The predicted molar refractivity (Wildman–Crippen MR) is 62.4 cm³/mol. The maximum Gasteiger partial charge on any atom is 0.256 e. The van der Waals surface area contributed by atoms with Gasteiger partial charge in [-0.15, -0.1) is 0 Å². The van der Waals surface area contributed by atoms with E-state index in [1.54, 1.807) is 11.0 Å². The van der Waals surface area contributed by atoms with Crippen LogP contribution >= 0.6 is 0 Å². The van der Waals surface area contributed by atoms with E-state index in [-0.39, 0.29) is 5.91 Å². The highest BCUT2D eigenvalue weighted by atomic mass is 16.2. The fraction of sp³-hybridized carbons (Fsp3) is 0.417. The van der Waals surface area contributed by atoms with Crippen LogP contribution in [0.5, 0.6) is 0 Å². The number of carbonyl (C=O) groups is 1. The fourth-order valence-electron chi connectivity index (χ4n) is 1.84. The van der Waals surface area contributed by atoms with Crippen molar-refractivity contribution >= 4 is 5.91 Å². The smallest absolute Gasteiger partial charge is 0.256 e. The number of pyridine rings is 1. The van der Waals surface area contributed by atoms with E-state index in [9.17, 15) is 4.79 Å². The SMILES string of the molecule is CN1CCN(C(=O)c2cnccc2C#N)CC1. The maximum atomic E-state index is 12.2. The number of carbonyl (C=O) groups excluding carboxylic acids is 1. The van der Waals surface area contributed by atoms with Crippen molar-refractivity contribution in [2.45, 2.75) is 0 Å². The van der Waals surface area contributed by atoms with E-state index in [1.165, 1.54) is 12.4 Å². The lowest BCUT2D eigenvalue weighted by atomic mass is 10.1. The van der Waals surface area contributed by atoms with Gasteiger partial charge in [0.1, 0.15) is 6.07 Å². The van der Waals surface area contributed by atoms with Gasteiger partial charge in [0.05, 0.1) is 11.1 Å². The minimum absolute atomic E-state index is 0.0947. The highest BCUT2D eigenvalue weighted by Crippen LogP contribution is 2.11. The normalized spacial score (nSPS) is 16.6. The van der Waals surface area contributed by atoms with Crippen molar-refractivity contribution in [3.05, 3.63) is 29.6 Å². The van der Waals surface area contributed by atoms with Gasteiger partial charge < -0.3 is 9.80 Å². The molecular formula is C12H14N4O. The molecule has 0 radical (unpaired) electrons. The molecule has 1 amide bonds. The molecule has 0 atom stereocenters. The van der Waals surface area contributed by atoms with Gasteiger partial charge in [-0.1, -0.05) is 0 Å². The molecular weight excluding hydrogens is 216 g/mol. The number of nitriles is 1. The van der Waals surface area contributed by atoms with Gasteiger partial charge in [0.15, 0.2) is 0 Å². The van der Waals surface area contributed by atoms with Gasteiger partial charge in [-0.3, -0.25) is 9.78 Å². The molecule has 1 fully saturated rings. The van der Waals surface area contributed by atoms with Crippen LogP contribution in [0.15, 0.2) is 18.5 Å². The first-order valence-corrected chi connectivity index (χ1v) is 5.54. The van der Waals surface area contributed by atoms with Crippen molar-refractivity contribution < 1.29 is 4.79 Å². The summed E-state index contributed by atoms with van der Waals surface area (Å²) in [5, 5.41) is 8.95. The van der Waals surface area contributed by atoms with E-state index in [0.29, 0.717) is 24.2 Å². The van der Waals surface area contributed by atoms with Gasteiger partial charge in [0.2, 0.25) is 0 Å². The number of likely N-dealkylation sites (N-methyl/N-ethyl adjacent to an activating group) is 1. The second kappa shape index (κ2) is 4.93. The molecule has 0 aliphatic carbocycles. The summed E-state index contributed by atoms with van der Waals surface area (Å²) < 4.78 is 0. The summed E-state index contributed by atoms with van der Waals surface area (Å²) in [6, 6.07) is 3.60. The third kappa shape index (κ3) is 2.43. The van der Waals surface area contributed by atoms with Crippen molar-refractivity contribution in [3.8, 4) is 6.07 Å². The third-order valence-corrected chi connectivity index (χ3v) is 2.96. The van der Waals surface area contributed by atoms with E-state index in [1.807, 2.05) is 13.1 Å². The number of rotatable bonds is 1. The van der Waals surface area contributed by atoms with Crippen molar-refractivity contribution in [2.75, 3.05) is 33.2 Å². The van der Waals surface area contributed by atoms with Gasteiger partial charge >= 0.3 is 0 Å². The predicted octanol–water partition coefficient (Wildman–Crippen LogP) is 0.341. The highest BCUT2D eigenvalue weighted by Gasteiger charge is 2.22. The Kier molecular flexibility index (Phi) is 3.35. The lowest BCUT2D eigenvalue weighted by Crippen LogP contribution is -2.47. The summed E-state index contributed by atoms with van der Waals surface area (Å²) in [5.41, 5.74) is 0.795. The van der Waals surface area contributed by atoms with Crippen LogP contribution in [0.2, 0.25) is 0 Å². The molecule has 17 heavy (non-hydrogen) atoms. The van der Waals surface area contributed by atoms with E-state index in [0.717, 1.165) is 13.1 Å². The summed E-state index contributed by atoms with van der Waals surface area (Å²) in [4.78, 5) is 20.1. The van der Waals surface area contributed by atoms with E-state index in [4.69, 9.17) is 5.26 Å². The first-order chi connectivity index (χ1) is 8.22. The third-order valence-electron chi connectivity index (χ3n) is 2.96. The van der Waals surface area contributed by atoms with Crippen LogP contribution in [-0.2, 0) is 0 Å². The maximum absolute atomic E-state index is 12.2. The number of hydrogen-bond acceptors (Lipinski definition) is 4. The summed E-state index contributed by atoms with van der Waals surface area (Å²) in [7, 11) is 2.03. The van der Waals surface area contributed by atoms with Crippen LogP contribution in [0.1, 0.15) is 15.9 Å². The Morgan fingerprint density at radius 2 is 2.12 bits per heavy atom. The van der Waals surface area contributed by atoms with Crippen LogP contribution in [0, 0.1) is 11.3 Å². The van der Waals surface area contributed by atoms with Crippen LogP contribution < -0.4 is 0 Å². The highest BCUT2D eigenvalue weighted by molar-refractivity contribution is 5.96. The molecule has 5 heteroatoms. The van der Waals surface area contributed by atoms with E-state index < -0.39 is 0 Å². The zero-order valence-electron chi connectivity index (χ0n) is 9.76. The zero-order valence-corrected chi connectivity index (χ0v) is 9.76. The number of hydrogen-bond donors (Lipinski definition) is 0. The Balaban J connectivity index is 2.17. The van der Waals surface area contributed by atoms with Gasteiger partial charge in [-0.05, 0) is 13.1 Å². The van der Waals surface area contributed by atoms with Gasteiger partial charge in [-0.25, -0.2) is 0 Å². The molecule has 1 aromatic heterocycles. The van der Waals surface area contributed by atoms with Crippen molar-refractivity contribution in [2.24, 2.45) is 0 Å². The Hall–Kier alpha value is -1.93. The standard InChI is InChI=1S/C12H14N4O/c1-15-4-6-16(7-5-15)12(17)11-9-14-3-2-10(11)8-13/h2-3,9H,4-7H2,1H3. The molecule has 2 rings (SSSR count). The zero-order chi connectivity index (χ0) is 12.3. The quantitative estimate of drug-likeness (QED) is 0.698. The summed E-state index contributed by atoms with van der Waals surface area (Å²) in [5.74, 6) is -0.0947. The van der Waals surface area contributed by atoms with Gasteiger partial charge in [0.25, 0.3) is 5.91 Å². The lowest BCUT2D eigenvalue weighted by Gasteiger charge is -2.32. The largest absolute Gasteiger partial charge is 0.336 e. The molecule has 1 aromatic rings. The number of aromatic nitrogens is 1. The summed E-state index contributed by atoms with van der Waals surface area (Å²) in [6.07, 6.45) is 3.00. The van der Waals surface area contributed by atoms with Crippen LogP contribution in [-0.4, -0.2) is 53.9 Å². The number of nitrogens with zero attached hydrogens (tertiary/aromatic N) is 4. The second-order valence-corrected chi connectivity index (χ2v) is 4.13. The van der Waals surface area contributed by atoms with Gasteiger partial charge in [0, 0.05) is 38.6 Å². The molecule has 0 bridgehead atoms. The Morgan fingerprint density at radius 3 is 2.76 bits per heavy atom. The Morgan fingerprint density at radius 1 is 1.41 bits per heavy atom. The molecule has 5 nitrogen and oxygen atoms in total. The molecule has 1 saturated heterocycles.